The summed E-state index contributed by atoms with van der Waals surface area (Å²) < 4.78 is 70.4. The number of hydrogen-bond donors (Lipinski definition) is 0. The molecule has 0 saturated carbocycles. The summed E-state index contributed by atoms with van der Waals surface area (Å²) >= 11 is 5.56. The Morgan fingerprint density at radius 3 is 1.56 bits per heavy atom. The molecule has 25 heavy (non-hydrogen) atoms. The van der Waals surface area contributed by atoms with Crippen LogP contribution in [0, 0.1) is 29.1 Å². The minimum Gasteiger partial charge on any atom is -0.462 e. The van der Waals surface area contributed by atoms with Crippen LogP contribution in [-0.4, -0.2) is 18.5 Å². The summed E-state index contributed by atoms with van der Waals surface area (Å²) in [6.07, 6.45) is 7.35. The summed E-state index contributed by atoms with van der Waals surface area (Å²) in [4.78, 5) is 11.6. The average molecular weight is 387 g/mol. The highest BCUT2D eigenvalue weighted by Gasteiger charge is 2.30. The fraction of sp³-hybridized carbons (Fsp3) is 0.588. The molecule has 1 aromatic rings. The first-order valence-electron chi connectivity index (χ1n) is 8.16. The van der Waals surface area contributed by atoms with Gasteiger partial charge in [0.25, 0.3) is 0 Å². The molecule has 8 heteroatoms. The second kappa shape index (κ2) is 11.3. The summed E-state index contributed by atoms with van der Waals surface area (Å²) in [6, 6.07) is 0. The standard InChI is InChI=1S/C17H20ClF5O2/c18-9-7-5-3-1-2-4-6-8-10-25-17(24)11-12(19)14(21)16(23)15(22)13(11)20/h1-10H2. The Bertz CT molecular complexity index is 552. The van der Waals surface area contributed by atoms with Crippen molar-refractivity contribution in [2.45, 2.75) is 51.4 Å². The van der Waals surface area contributed by atoms with Crippen molar-refractivity contribution in [1.29, 1.82) is 0 Å². The van der Waals surface area contributed by atoms with Crippen LogP contribution in [-0.2, 0) is 4.74 Å². The molecule has 1 rings (SSSR count). The summed E-state index contributed by atoms with van der Waals surface area (Å²) in [6.45, 7) is -0.148. The van der Waals surface area contributed by atoms with E-state index in [-0.39, 0.29) is 6.61 Å². The van der Waals surface area contributed by atoms with Crippen molar-refractivity contribution in [1.82, 2.24) is 0 Å². The van der Waals surface area contributed by atoms with Gasteiger partial charge >= 0.3 is 5.97 Å². The normalized spacial score (nSPS) is 11.0. The first-order chi connectivity index (χ1) is 11.9. The summed E-state index contributed by atoms with van der Waals surface area (Å²) in [5, 5.41) is 0. The predicted octanol–water partition coefficient (Wildman–Crippen LogP) is 5.90. The number of carbonyl (C=O) groups excluding carboxylic acids is 1. The van der Waals surface area contributed by atoms with Crippen molar-refractivity contribution in [3.05, 3.63) is 34.6 Å². The van der Waals surface area contributed by atoms with Crippen LogP contribution in [0.1, 0.15) is 61.7 Å². The molecule has 0 aliphatic carbocycles. The number of unbranched alkanes of at least 4 members (excludes halogenated alkanes) is 7. The van der Waals surface area contributed by atoms with Gasteiger partial charge in [0.15, 0.2) is 23.3 Å². The molecule has 0 aliphatic rings. The molecule has 0 spiro atoms. The maximum atomic E-state index is 13.4. The Hall–Kier alpha value is -1.37. The molecule has 1 aromatic carbocycles. The van der Waals surface area contributed by atoms with Gasteiger partial charge in [-0.3, -0.25) is 0 Å². The molecule has 0 bridgehead atoms. The zero-order chi connectivity index (χ0) is 18.8. The molecule has 0 radical (unpaired) electrons. The van der Waals surface area contributed by atoms with Crippen molar-refractivity contribution in [2.24, 2.45) is 0 Å². The van der Waals surface area contributed by atoms with Crippen molar-refractivity contribution in [3.8, 4) is 0 Å². The highest BCUT2D eigenvalue weighted by atomic mass is 35.5. The molecule has 142 valence electrons. The lowest BCUT2D eigenvalue weighted by Gasteiger charge is -2.08. The molecule has 2 nitrogen and oxygen atoms in total. The zero-order valence-electron chi connectivity index (χ0n) is 13.7. The predicted molar refractivity (Wildman–Crippen MR) is 84.2 cm³/mol. The van der Waals surface area contributed by atoms with Gasteiger partial charge in [-0.05, 0) is 12.8 Å². The number of halogens is 6. The van der Waals surface area contributed by atoms with Gasteiger partial charge in [0.2, 0.25) is 5.82 Å². The van der Waals surface area contributed by atoms with Gasteiger partial charge in [0, 0.05) is 5.88 Å². The van der Waals surface area contributed by atoms with Gasteiger partial charge in [-0.15, -0.1) is 11.6 Å². The third kappa shape index (κ3) is 6.45. The lowest BCUT2D eigenvalue weighted by Crippen LogP contribution is -2.15. The SMILES string of the molecule is O=C(OCCCCCCCCCCCl)c1c(F)c(F)c(F)c(F)c1F. The largest absolute Gasteiger partial charge is 0.462 e. The Kier molecular flexibility index (Phi) is 9.78. The second-order valence-corrected chi connectivity index (χ2v) is 5.98. The monoisotopic (exact) mass is 386 g/mol. The Morgan fingerprint density at radius 1 is 0.680 bits per heavy atom. The van der Waals surface area contributed by atoms with Gasteiger partial charge in [-0.2, -0.15) is 0 Å². The Morgan fingerprint density at radius 2 is 1.08 bits per heavy atom. The number of carbonyl (C=O) groups is 1. The first kappa shape index (κ1) is 21.7. The molecule has 0 N–H and O–H groups in total. The van der Waals surface area contributed by atoms with E-state index in [1.54, 1.807) is 0 Å². The van der Waals surface area contributed by atoms with Crippen LogP contribution in [0.5, 0.6) is 0 Å². The quantitative estimate of drug-likeness (QED) is 0.118. The van der Waals surface area contributed by atoms with Gasteiger partial charge in [-0.1, -0.05) is 38.5 Å². The van der Waals surface area contributed by atoms with Gasteiger partial charge in [0.05, 0.1) is 6.61 Å². The molecule has 0 amide bonds. The molecule has 0 saturated heterocycles. The first-order valence-corrected chi connectivity index (χ1v) is 8.69. The third-order valence-corrected chi connectivity index (χ3v) is 3.94. The molecule has 0 fully saturated rings. The van der Waals surface area contributed by atoms with E-state index in [1.165, 1.54) is 0 Å². The maximum Gasteiger partial charge on any atom is 0.344 e. The molecule has 0 atom stereocenters. The minimum atomic E-state index is -2.31. The van der Waals surface area contributed by atoms with Crippen LogP contribution in [0.3, 0.4) is 0 Å². The van der Waals surface area contributed by atoms with Crippen LogP contribution < -0.4 is 0 Å². The second-order valence-electron chi connectivity index (χ2n) is 5.60. The Labute approximate surface area is 148 Å². The number of rotatable bonds is 11. The van der Waals surface area contributed by atoms with Gasteiger partial charge < -0.3 is 4.74 Å². The molecule has 0 heterocycles. The summed E-state index contributed by atoms with van der Waals surface area (Å²) in [5.41, 5.74) is -1.56. The molecule has 0 unspecified atom stereocenters. The number of benzene rings is 1. The lowest BCUT2D eigenvalue weighted by molar-refractivity contribution is 0.0483. The van der Waals surface area contributed by atoms with E-state index in [0.717, 1.165) is 44.9 Å². The zero-order valence-corrected chi connectivity index (χ0v) is 14.4. The molecule has 0 aliphatic heterocycles. The van der Waals surface area contributed by atoms with E-state index in [4.69, 9.17) is 11.6 Å². The van der Waals surface area contributed by atoms with Crippen LogP contribution >= 0.6 is 11.6 Å². The highest BCUT2D eigenvalue weighted by Crippen LogP contribution is 2.23. The molecular weight excluding hydrogens is 367 g/mol. The van der Waals surface area contributed by atoms with E-state index in [0.29, 0.717) is 12.3 Å². The van der Waals surface area contributed by atoms with Gasteiger partial charge in [-0.25, -0.2) is 26.7 Å². The maximum absolute atomic E-state index is 13.4. The topological polar surface area (TPSA) is 26.3 Å². The highest BCUT2D eigenvalue weighted by molar-refractivity contribution is 6.17. The average Bonchev–Trinajstić information content (AvgIpc) is 2.60. The van der Waals surface area contributed by atoms with E-state index in [1.807, 2.05) is 0 Å². The van der Waals surface area contributed by atoms with Crippen LogP contribution in [0.15, 0.2) is 0 Å². The van der Waals surface area contributed by atoms with Crippen LogP contribution in [0.2, 0.25) is 0 Å². The van der Waals surface area contributed by atoms with Crippen molar-refractivity contribution in [2.75, 3.05) is 12.5 Å². The van der Waals surface area contributed by atoms with E-state index in [9.17, 15) is 26.7 Å². The fourth-order valence-corrected chi connectivity index (χ4v) is 2.47. The van der Waals surface area contributed by atoms with E-state index >= 15 is 0 Å². The summed E-state index contributed by atoms with van der Waals surface area (Å²) in [7, 11) is 0. The number of hydrogen-bond acceptors (Lipinski definition) is 2. The minimum absolute atomic E-state index is 0.148. The number of ether oxygens (including phenoxy) is 1. The third-order valence-electron chi connectivity index (χ3n) is 3.68. The number of alkyl halides is 1. The molecule has 0 aromatic heterocycles. The van der Waals surface area contributed by atoms with Crippen molar-refractivity contribution < 1.29 is 31.5 Å². The molecular formula is C17H20ClF5O2. The van der Waals surface area contributed by atoms with Crippen LogP contribution in [0.25, 0.3) is 0 Å². The van der Waals surface area contributed by atoms with E-state index in [2.05, 4.69) is 4.74 Å². The van der Waals surface area contributed by atoms with Gasteiger partial charge in [0.1, 0.15) is 5.56 Å². The fourth-order valence-electron chi connectivity index (χ4n) is 2.28. The smallest absolute Gasteiger partial charge is 0.344 e. The van der Waals surface area contributed by atoms with E-state index < -0.39 is 40.6 Å². The lowest BCUT2D eigenvalue weighted by atomic mass is 10.1. The number of esters is 1. The summed E-state index contributed by atoms with van der Waals surface area (Å²) in [5.74, 6) is -11.9. The van der Waals surface area contributed by atoms with Crippen molar-refractivity contribution >= 4 is 17.6 Å². The van der Waals surface area contributed by atoms with Crippen molar-refractivity contribution in [3.63, 3.8) is 0 Å². The van der Waals surface area contributed by atoms with Crippen LogP contribution in [0.4, 0.5) is 22.0 Å². The Balaban J connectivity index is 2.34.